The SMILES string of the molecule is Cc1cccc(OCCc2noc(C3CCCCN3C(=O)c3ccc(C)nc3)n2)c1. The molecule has 0 aliphatic carbocycles. The highest BCUT2D eigenvalue weighted by Crippen LogP contribution is 2.31. The summed E-state index contributed by atoms with van der Waals surface area (Å²) in [5, 5.41) is 4.10. The van der Waals surface area contributed by atoms with Gasteiger partial charge in [0.05, 0.1) is 12.2 Å². The molecule has 1 amide bonds. The Bertz CT molecular complexity index is 1000. The molecule has 1 atom stereocenters. The van der Waals surface area contributed by atoms with Gasteiger partial charge in [-0.1, -0.05) is 17.3 Å². The van der Waals surface area contributed by atoms with Gasteiger partial charge in [0.1, 0.15) is 11.8 Å². The number of piperidine rings is 1. The molecule has 2 aromatic heterocycles. The zero-order valence-corrected chi connectivity index (χ0v) is 17.4. The summed E-state index contributed by atoms with van der Waals surface area (Å²) < 4.78 is 11.3. The Balaban J connectivity index is 1.41. The molecule has 7 nitrogen and oxygen atoms in total. The molecular formula is C23H26N4O3. The lowest BCUT2D eigenvalue weighted by Crippen LogP contribution is -2.38. The molecule has 156 valence electrons. The number of benzene rings is 1. The second-order valence-electron chi connectivity index (χ2n) is 7.66. The molecule has 0 saturated carbocycles. The Morgan fingerprint density at radius 1 is 1.23 bits per heavy atom. The van der Waals surface area contributed by atoms with E-state index in [0.29, 0.717) is 36.9 Å². The highest BCUT2D eigenvalue weighted by molar-refractivity contribution is 5.94. The molecule has 1 aliphatic rings. The Morgan fingerprint density at radius 2 is 2.13 bits per heavy atom. The maximum absolute atomic E-state index is 13.0. The molecular weight excluding hydrogens is 380 g/mol. The van der Waals surface area contributed by atoms with Crippen LogP contribution in [0.1, 0.15) is 58.6 Å². The maximum atomic E-state index is 13.0. The lowest BCUT2D eigenvalue weighted by molar-refractivity contribution is 0.0561. The first-order chi connectivity index (χ1) is 14.6. The topological polar surface area (TPSA) is 81.4 Å². The van der Waals surface area contributed by atoms with Gasteiger partial charge in [-0.15, -0.1) is 0 Å². The summed E-state index contributed by atoms with van der Waals surface area (Å²) in [7, 11) is 0. The standard InChI is InChI=1S/C23H26N4O3/c1-16-6-5-7-19(14-16)29-13-11-21-25-22(30-26-21)20-8-3-4-12-27(20)23(28)18-10-9-17(2)24-15-18/h5-7,9-10,14-15,20H,3-4,8,11-13H2,1-2H3. The number of aromatic nitrogens is 3. The van der Waals surface area contributed by atoms with Crippen LogP contribution >= 0.6 is 0 Å². The van der Waals surface area contributed by atoms with E-state index in [4.69, 9.17) is 9.26 Å². The lowest BCUT2D eigenvalue weighted by atomic mass is 10.0. The summed E-state index contributed by atoms with van der Waals surface area (Å²) in [6.07, 6.45) is 4.97. The van der Waals surface area contributed by atoms with Gasteiger partial charge < -0.3 is 14.2 Å². The Labute approximate surface area is 176 Å². The van der Waals surface area contributed by atoms with Gasteiger partial charge >= 0.3 is 0 Å². The lowest BCUT2D eigenvalue weighted by Gasteiger charge is -2.33. The first-order valence-corrected chi connectivity index (χ1v) is 10.4. The number of hydrogen-bond acceptors (Lipinski definition) is 6. The van der Waals surface area contributed by atoms with E-state index in [1.807, 2.05) is 55.1 Å². The minimum absolute atomic E-state index is 0.0465. The summed E-state index contributed by atoms with van der Waals surface area (Å²) in [4.78, 5) is 23.7. The molecule has 1 aliphatic heterocycles. The highest BCUT2D eigenvalue weighted by Gasteiger charge is 2.32. The average molecular weight is 406 g/mol. The van der Waals surface area contributed by atoms with E-state index < -0.39 is 0 Å². The van der Waals surface area contributed by atoms with E-state index >= 15 is 0 Å². The van der Waals surface area contributed by atoms with Crippen molar-refractivity contribution in [1.82, 2.24) is 20.0 Å². The second-order valence-corrected chi connectivity index (χ2v) is 7.66. The number of rotatable bonds is 6. The van der Waals surface area contributed by atoms with Crippen LogP contribution in [0.25, 0.3) is 0 Å². The van der Waals surface area contributed by atoms with Crippen molar-refractivity contribution in [2.24, 2.45) is 0 Å². The molecule has 1 saturated heterocycles. The zero-order valence-electron chi connectivity index (χ0n) is 17.4. The monoisotopic (exact) mass is 406 g/mol. The van der Waals surface area contributed by atoms with Crippen LogP contribution in [0.3, 0.4) is 0 Å². The molecule has 0 bridgehead atoms. The predicted octanol–water partition coefficient (Wildman–Crippen LogP) is 4.07. The van der Waals surface area contributed by atoms with E-state index in [2.05, 4.69) is 15.1 Å². The van der Waals surface area contributed by atoms with Crippen molar-refractivity contribution in [3.05, 3.63) is 71.1 Å². The van der Waals surface area contributed by atoms with Crippen LogP contribution in [0.5, 0.6) is 5.75 Å². The third-order valence-electron chi connectivity index (χ3n) is 5.27. The first kappa shape index (κ1) is 20.1. The maximum Gasteiger partial charge on any atom is 0.256 e. The normalized spacial score (nSPS) is 16.5. The minimum Gasteiger partial charge on any atom is -0.493 e. The van der Waals surface area contributed by atoms with Crippen molar-refractivity contribution in [2.45, 2.75) is 45.6 Å². The second kappa shape index (κ2) is 9.07. The smallest absolute Gasteiger partial charge is 0.256 e. The minimum atomic E-state index is -0.202. The summed E-state index contributed by atoms with van der Waals surface area (Å²) in [6.45, 7) is 5.07. The van der Waals surface area contributed by atoms with Gasteiger partial charge in [0.15, 0.2) is 5.82 Å². The van der Waals surface area contributed by atoms with Gasteiger partial charge in [-0.05, 0) is 62.9 Å². The molecule has 1 unspecified atom stereocenters. The van der Waals surface area contributed by atoms with E-state index in [1.165, 1.54) is 0 Å². The first-order valence-electron chi connectivity index (χ1n) is 10.4. The highest BCUT2D eigenvalue weighted by atomic mass is 16.5. The van der Waals surface area contributed by atoms with Crippen LogP contribution < -0.4 is 4.74 Å². The van der Waals surface area contributed by atoms with Gasteiger partial charge in [0.2, 0.25) is 5.89 Å². The number of hydrogen-bond donors (Lipinski definition) is 0. The number of likely N-dealkylation sites (tertiary alicyclic amines) is 1. The summed E-state index contributed by atoms with van der Waals surface area (Å²) in [6, 6.07) is 11.4. The molecule has 3 aromatic rings. The quantitative estimate of drug-likeness (QED) is 0.614. The average Bonchev–Trinajstić information content (AvgIpc) is 3.23. The van der Waals surface area contributed by atoms with Crippen molar-refractivity contribution >= 4 is 5.91 Å². The Hall–Kier alpha value is -3.22. The molecule has 1 fully saturated rings. The van der Waals surface area contributed by atoms with Crippen molar-refractivity contribution in [3.8, 4) is 5.75 Å². The number of nitrogens with zero attached hydrogens (tertiary/aromatic N) is 4. The number of carbonyl (C=O) groups excluding carboxylic acids is 1. The third-order valence-corrected chi connectivity index (χ3v) is 5.27. The van der Waals surface area contributed by atoms with Crippen LogP contribution in [-0.4, -0.2) is 39.1 Å². The number of ether oxygens (including phenoxy) is 1. The number of amides is 1. The molecule has 3 heterocycles. The van der Waals surface area contributed by atoms with Crippen molar-refractivity contribution < 1.29 is 14.1 Å². The molecule has 4 rings (SSSR count). The van der Waals surface area contributed by atoms with Gasteiger partial charge in [0.25, 0.3) is 5.91 Å². The number of pyridine rings is 1. The molecule has 0 N–H and O–H groups in total. The van der Waals surface area contributed by atoms with E-state index in [-0.39, 0.29) is 11.9 Å². The Kier molecular flexibility index (Phi) is 6.07. The van der Waals surface area contributed by atoms with Crippen LogP contribution in [0.2, 0.25) is 0 Å². The van der Waals surface area contributed by atoms with Crippen LogP contribution in [0, 0.1) is 13.8 Å². The largest absolute Gasteiger partial charge is 0.493 e. The van der Waals surface area contributed by atoms with E-state index in [1.54, 1.807) is 6.20 Å². The van der Waals surface area contributed by atoms with Gasteiger partial charge in [-0.3, -0.25) is 9.78 Å². The van der Waals surface area contributed by atoms with Crippen molar-refractivity contribution in [1.29, 1.82) is 0 Å². The third kappa shape index (κ3) is 4.67. The van der Waals surface area contributed by atoms with E-state index in [9.17, 15) is 4.79 Å². The molecule has 0 spiro atoms. The van der Waals surface area contributed by atoms with Crippen molar-refractivity contribution in [2.75, 3.05) is 13.2 Å². The predicted molar refractivity (Wildman–Crippen MR) is 111 cm³/mol. The van der Waals surface area contributed by atoms with Crippen LogP contribution in [0.15, 0.2) is 47.1 Å². The fourth-order valence-corrected chi connectivity index (χ4v) is 3.66. The van der Waals surface area contributed by atoms with Crippen LogP contribution in [-0.2, 0) is 6.42 Å². The van der Waals surface area contributed by atoms with Crippen molar-refractivity contribution in [3.63, 3.8) is 0 Å². The zero-order chi connectivity index (χ0) is 20.9. The Morgan fingerprint density at radius 3 is 2.93 bits per heavy atom. The van der Waals surface area contributed by atoms with Crippen LogP contribution in [0.4, 0.5) is 0 Å². The summed E-state index contributed by atoms with van der Waals surface area (Å²) in [5.41, 5.74) is 2.62. The molecule has 0 radical (unpaired) electrons. The number of aryl methyl sites for hydroxylation is 2. The summed E-state index contributed by atoms with van der Waals surface area (Å²) in [5.74, 6) is 1.87. The van der Waals surface area contributed by atoms with Gasteiger partial charge in [-0.25, -0.2) is 0 Å². The summed E-state index contributed by atoms with van der Waals surface area (Å²) >= 11 is 0. The van der Waals surface area contributed by atoms with Gasteiger partial charge in [-0.2, -0.15) is 4.98 Å². The van der Waals surface area contributed by atoms with E-state index in [0.717, 1.165) is 36.3 Å². The molecule has 30 heavy (non-hydrogen) atoms. The molecule has 1 aromatic carbocycles. The number of carbonyl (C=O) groups is 1. The molecule has 7 heteroatoms. The van der Waals surface area contributed by atoms with Gasteiger partial charge in [0, 0.05) is 24.9 Å². The fraction of sp³-hybridized carbons (Fsp3) is 0.391. The fourth-order valence-electron chi connectivity index (χ4n) is 3.66.